The van der Waals surface area contributed by atoms with Gasteiger partial charge in [-0.2, -0.15) is 0 Å². The van der Waals surface area contributed by atoms with Crippen molar-refractivity contribution < 1.29 is 9.84 Å². The highest BCUT2D eigenvalue weighted by molar-refractivity contribution is 9.10. The zero-order valence-electron chi connectivity index (χ0n) is 9.73. The van der Waals surface area contributed by atoms with Crippen LogP contribution in [0.25, 0.3) is 0 Å². The molecule has 0 radical (unpaired) electrons. The van der Waals surface area contributed by atoms with Crippen molar-refractivity contribution in [3.8, 4) is 11.5 Å². The van der Waals surface area contributed by atoms with Crippen LogP contribution in [-0.4, -0.2) is 5.11 Å². The molecular weight excluding hydrogens is 316 g/mol. The van der Waals surface area contributed by atoms with E-state index >= 15 is 0 Å². The zero-order valence-corrected chi connectivity index (χ0v) is 12.1. The normalized spacial score (nSPS) is 12.2. The lowest BCUT2D eigenvalue weighted by Crippen LogP contribution is -1.96. The third kappa shape index (κ3) is 3.05. The summed E-state index contributed by atoms with van der Waals surface area (Å²) in [6, 6.07) is 12.7. The van der Waals surface area contributed by atoms with Crippen molar-refractivity contribution in [1.82, 2.24) is 0 Å². The number of ether oxygens (including phenoxy) is 1. The SMILES string of the molecule is CC(O)c1cc(Br)ccc1Oc1ccccc1Cl. The number of benzene rings is 2. The van der Waals surface area contributed by atoms with E-state index in [9.17, 15) is 5.11 Å². The van der Waals surface area contributed by atoms with Crippen LogP contribution >= 0.6 is 27.5 Å². The van der Waals surface area contributed by atoms with Crippen LogP contribution in [0.2, 0.25) is 5.02 Å². The van der Waals surface area contributed by atoms with Gasteiger partial charge in [0.25, 0.3) is 0 Å². The molecule has 1 N–H and O–H groups in total. The molecule has 0 aliphatic rings. The van der Waals surface area contributed by atoms with Crippen LogP contribution in [0, 0.1) is 0 Å². The van der Waals surface area contributed by atoms with Crippen molar-refractivity contribution in [2.45, 2.75) is 13.0 Å². The molecule has 94 valence electrons. The molecular formula is C14H12BrClO2. The van der Waals surface area contributed by atoms with Crippen molar-refractivity contribution in [2.75, 3.05) is 0 Å². The molecule has 2 aromatic rings. The maximum Gasteiger partial charge on any atom is 0.146 e. The Morgan fingerprint density at radius 3 is 2.56 bits per heavy atom. The predicted octanol–water partition coefficient (Wildman–Crippen LogP) is 4.95. The molecule has 0 amide bonds. The number of halogens is 2. The van der Waals surface area contributed by atoms with Crippen LogP contribution in [0.5, 0.6) is 11.5 Å². The molecule has 0 spiro atoms. The first-order valence-corrected chi connectivity index (χ1v) is 6.65. The molecule has 2 aromatic carbocycles. The van der Waals surface area contributed by atoms with Crippen LogP contribution < -0.4 is 4.74 Å². The molecule has 4 heteroatoms. The molecule has 1 atom stereocenters. The summed E-state index contributed by atoms with van der Waals surface area (Å²) in [5, 5.41) is 10.3. The van der Waals surface area contributed by atoms with Crippen LogP contribution in [0.3, 0.4) is 0 Å². The van der Waals surface area contributed by atoms with Crippen LogP contribution in [0.15, 0.2) is 46.9 Å². The molecule has 0 fully saturated rings. The maximum atomic E-state index is 9.74. The first kappa shape index (κ1) is 13.4. The highest BCUT2D eigenvalue weighted by Crippen LogP contribution is 2.34. The Morgan fingerprint density at radius 2 is 1.89 bits per heavy atom. The predicted molar refractivity (Wildman–Crippen MR) is 76.3 cm³/mol. The van der Waals surface area contributed by atoms with Crippen molar-refractivity contribution in [3.63, 3.8) is 0 Å². The minimum atomic E-state index is -0.611. The monoisotopic (exact) mass is 326 g/mol. The Labute approximate surface area is 119 Å². The van der Waals surface area contributed by atoms with Gasteiger partial charge in [0.2, 0.25) is 0 Å². The van der Waals surface area contributed by atoms with Gasteiger partial charge >= 0.3 is 0 Å². The Balaban J connectivity index is 2.37. The molecule has 2 nitrogen and oxygen atoms in total. The van der Waals surface area contributed by atoms with Crippen molar-refractivity contribution >= 4 is 27.5 Å². The number of aliphatic hydroxyl groups is 1. The number of hydrogen-bond donors (Lipinski definition) is 1. The molecule has 0 aliphatic heterocycles. The van der Waals surface area contributed by atoms with Crippen molar-refractivity contribution in [3.05, 3.63) is 57.5 Å². The second-order valence-electron chi connectivity index (χ2n) is 3.89. The van der Waals surface area contributed by atoms with Crippen LogP contribution in [-0.2, 0) is 0 Å². The molecule has 0 aromatic heterocycles. The summed E-state index contributed by atoms with van der Waals surface area (Å²) in [5.74, 6) is 1.17. The summed E-state index contributed by atoms with van der Waals surface area (Å²) in [7, 11) is 0. The topological polar surface area (TPSA) is 29.5 Å². The van der Waals surface area contributed by atoms with E-state index in [0.717, 1.165) is 4.47 Å². The van der Waals surface area contributed by atoms with Gasteiger partial charge in [-0.25, -0.2) is 0 Å². The van der Waals surface area contributed by atoms with Gasteiger partial charge in [0.05, 0.1) is 11.1 Å². The van der Waals surface area contributed by atoms with Gasteiger partial charge in [-0.3, -0.25) is 0 Å². The molecule has 1 unspecified atom stereocenters. The lowest BCUT2D eigenvalue weighted by molar-refractivity contribution is 0.195. The average molecular weight is 328 g/mol. The maximum absolute atomic E-state index is 9.74. The van der Waals surface area contributed by atoms with E-state index in [4.69, 9.17) is 16.3 Å². The van der Waals surface area contributed by atoms with Gasteiger partial charge in [0, 0.05) is 10.0 Å². The molecule has 2 rings (SSSR count). The van der Waals surface area contributed by atoms with Crippen LogP contribution in [0.1, 0.15) is 18.6 Å². The summed E-state index contributed by atoms with van der Waals surface area (Å²) >= 11 is 9.41. The Bertz CT molecular complexity index is 555. The minimum absolute atomic E-state index is 0.539. The van der Waals surface area contributed by atoms with Gasteiger partial charge in [0.15, 0.2) is 0 Å². The van der Waals surface area contributed by atoms with E-state index in [1.54, 1.807) is 25.1 Å². The van der Waals surface area contributed by atoms with Gasteiger partial charge in [-0.05, 0) is 37.3 Å². The molecule has 0 aliphatic carbocycles. The second-order valence-corrected chi connectivity index (χ2v) is 5.21. The summed E-state index contributed by atoms with van der Waals surface area (Å²) in [6.45, 7) is 1.70. The summed E-state index contributed by atoms with van der Waals surface area (Å²) in [6.07, 6.45) is -0.611. The van der Waals surface area contributed by atoms with E-state index in [0.29, 0.717) is 22.1 Å². The van der Waals surface area contributed by atoms with E-state index in [1.807, 2.05) is 24.3 Å². The van der Waals surface area contributed by atoms with E-state index in [-0.39, 0.29) is 0 Å². The number of hydrogen-bond acceptors (Lipinski definition) is 2. The first-order chi connectivity index (χ1) is 8.58. The van der Waals surface area contributed by atoms with Gasteiger partial charge in [-0.15, -0.1) is 0 Å². The standard InChI is InChI=1S/C14H12BrClO2/c1-9(17)11-8-10(15)6-7-13(11)18-14-5-3-2-4-12(14)16/h2-9,17H,1H3. The second kappa shape index (κ2) is 5.74. The Hall–Kier alpha value is -1.03. The molecule has 0 saturated heterocycles. The lowest BCUT2D eigenvalue weighted by Gasteiger charge is -2.14. The largest absolute Gasteiger partial charge is 0.455 e. The third-order valence-corrected chi connectivity index (χ3v) is 3.28. The van der Waals surface area contributed by atoms with Crippen molar-refractivity contribution in [2.24, 2.45) is 0 Å². The summed E-state index contributed by atoms with van der Waals surface area (Å²) in [5.41, 5.74) is 0.712. The molecule has 0 saturated carbocycles. The van der Waals surface area contributed by atoms with E-state index in [1.165, 1.54) is 0 Å². The first-order valence-electron chi connectivity index (χ1n) is 5.48. The summed E-state index contributed by atoms with van der Waals surface area (Å²) in [4.78, 5) is 0. The Kier molecular flexibility index (Phi) is 4.27. The quantitative estimate of drug-likeness (QED) is 0.864. The van der Waals surface area contributed by atoms with Crippen molar-refractivity contribution in [1.29, 1.82) is 0 Å². The average Bonchev–Trinajstić information content (AvgIpc) is 2.34. The fourth-order valence-corrected chi connectivity index (χ4v) is 2.14. The highest BCUT2D eigenvalue weighted by atomic mass is 79.9. The fraction of sp³-hybridized carbons (Fsp3) is 0.143. The lowest BCUT2D eigenvalue weighted by atomic mass is 10.1. The van der Waals surface area contributed by atoms with Gasteiger partial charge < -0.3 is 9.84 Å². The molecule has 0 bridgehead atoms. The van der Waals surface area contributed by atoms with E-state index < -0.39 is 6.10 Å². The summed E-state index contributed by atoms with van der Waals surface area (Å²) < 4.78 is 6.64. The molecule has 18 heavy (non-hydrogen) atoms. The fourth-order valence-electron chi connectivity index (χ4n) is 1.58. The molecule has 0 heterocycles. The van der Waals surface area contributed by atoms with Gasteiger partial charge in [-0.1, -0.05) is 39.7 Å². The van der Waals surface area contributed by atoms with E-state index in [2.05, 4.69) is 15.9 Å². The number of para-hydroxylation sites is 1. The smallest absolute Gasteiger partial charge is 0.146 e. The Morgan fingerprint density at radius 1 is 1.17 bits per heavy atom. The highest BCUT2D eigenvalue weighted by Gasteiger charge is 2.11. The zero-order chi connectivity index (χ0) is 13.1. The van der Waals surface area contributed by atoms with Gasteiger partial charge in [0.1, 0.15) is 11.5 Å². The number of aliphatic hydroxyl groups excluding tert-OH is 1. The number of rotatable bonds is 3. The minimum Gasteiger partial charge on any atom is -0.455 e. The third-order valence-electron chi connectivity index (χ3n) is 2.48. The van der Waals surface area contributed by atoms with Crippen LogP contribution in [0.4, 0.5) is 0 Å².